The van der Waals surface area contributed by atoms with Crippen LogP contribution in [0.3, 0.4) is 0 Å². The van der Waals surface area contributed by atoms with Gasteiger partial charge in [-0.15, -0.1) is 0 Å². The largest absolute Gasteiger partial charge is 0.504 e. The number of rotatable bonds is 7. The van der Waals surface area contributed by atoms with Gasteiger partial charge in [0, 0.05) is 0 Å². The minimum Gasteiger partial charge on any atom is -0.504 e. The molecule has 0 radical (unpaired) electrons. The predicted molar refractivity (Wildman–Crippen MR) is 106 cm³/mol. The van der Waals surface area contributed by atoms with Gasteiger partial charge < -0.3 is 64.9 Å². The molecule has 13 heteroatoms. The first-order chi connectivity index (χ1) is 15.5. The van der Waals surface area contributed by atoms with Crippen LogP contribution in [0.15, 0.2) is 18.2 Å². The van der Waals surface area contributed by atoms with Crippen LogP contribution in [-0.4, -0.2) is 121 Å². The van der Waals surface area contributed by atoms with E-state index in [0.717, 1.165) is 0 Å². The first-order valence-corrected chi connectivity index (χ1v) is 10.3. The first kappa shape index (κ1) is 26.0. The van der Waals surface area contributed by atoms with E-state index in [-0.39, 0.29) is 17.1 Å². The first-order valence-electron chi connectivity index (χ1n) is 10.3. The highest BCUT2D eigenvalue weighted by molar-refractivity contribution is 5.42. The molecule has 2 heterocycles. The molecule has 0 amide bonds. The van der Waals surface area contributed by atoms with E-state index in [2.05, 4.69) is 0 Å². The van der Waals surface area contributed by atoms with E-state index in [4.69, 9.17) is 24.1 Å². The number of phenolic OH excluding ortho intramolecular Hbond substituents is 1. The van der Waals surface area contributed by atoms with E-state index < -0.39 is 80.7 Å². The second-order valence-electron chi connectivity index (χ2n) is 8.07. The molecular weight excluding hydrogens is 448 g/mol. The van der Waals surface area contributed by atoms with Gasteiger partial charge in [0.05, 0.1) is 19.3 Å². The number of ether oxygens (including phenoxy) is 4. The van der Waals surface area contributed by atoms with Gasteiger partial charge in [0.15, 0.2) is 17.8 Å². The summed E-state index contributed by atoms with van der Waals surface area (Å²) in [5.41, 5.74) is 0.203. The summed E-state index contributed by atoms with van der Waals surface area (Å²) in [6, 6.07) is 3.74. The zero-order valence-electron chi connectivity index (χ0n) is 17.7. The lowest BCUT2D eigenvalue weighted by molar-refractivity contribution is -0.318. The lowest BCUT2D eigenvalue weighted by Crippen LogP contribution is -2.61. The zero-order valence-corrected chi connectivity index (χ0v) is 17.7. The maximum Gasteiger partial charge on any atom is 0.229 e. The Bertz CT molecular complexity index is 778. The summed E-state index contributed by atoms with van der Waals surface area (Å²) in [5.74, 6) is -0.613. The standard InChI is InChI=1S/C20H30O13/c1-7-13(24)15(26)17(28)19(31-7)30-6-12-14(25)16(27)18(29)20(33-12)32-11-4-8(10(23)5-21)2-3-9(11)22/h2-4,7,10,12-29H,5-6H2,1H3. The second-order valence-corrected chi connectivity index (χ2v) is 8.07. The lowest BCUT2D eigenvalue weighted by atomic mass is 9.98. The third kappa shape index (κ3) is 5.55. The fraction of sp³-hybridized carbons (Fsp3) is 0.700. The van der Waals surface area contributed by atoms with Crippen molar-refractivity contribution in [2.45, 2.75) is 74.4 Å². The molecule has 2 saturated heterocycles. The molecule has 1 aromatic carbocycles. The monoisotopic (exact) mass is 478 g/mol. The highest BCUT2D eigenvalue weighted by Crippen LogP contribution is 2.33. The minimum atomic E-state index is -1.74. The summed E-state index contributed by atoms with van der Waals surface area (Å²) < 4.78 is 21.6. The van der Waals surface area contributed by atoms with E-state index in [1.807, 2.05) is 0 Å². The van der Waals surface area contributed by atoms with Crippen molar-refractivity contribution in [3.63, 3.8) is 0 Å². The van der Waals surface area contributed by atoms with E-state index in [1.54, 1.807) is 0 Å². The highest BCUT2D eigenvalue weighted by Gasteiger charge is 2.47. The van der Waals surface area contributed by atoms with Crippen molar-refractivity contribution >= 4 is 0 Å². The molecule has 2 aliphatic heterocycles. The Balaban J connectivity index is 1.69. The SMILES string of the molecule is CC1OC(OCC2OC(Oc3cc(C(O)CO)ccc3O)C(O)C(O)C2O)C(O)C(O)C1O. The van der Waals surface area contributed by atoms with Crippen LogP contribution in [0, 0.1) is 0 Å². The van der Waals surface area contributed by atoms with Crippen molar-refractivity contribution < 1.29 is 64.9 Å². The normalized spacial score (nSPS) is 40.4. The average Bonchev–Trinajstić information content (AvgIpc) is 2.80. The zero-order chi connectivity index (χ0) is 24.4. The molecule has 11 atom stereocenters. The molecule has 0 bridgehead atoms. The van der Waals surface area contributed by atoms with Crippen LogP contribution in [0.25, 0.3) is 0 Å². The summed E-state index contributed by atoms with van der Waals surface area (Å²) in [6.45, 7) is 0.397. The quantitative estimate of drug-likeness (QED) is 0.186. The van der Waals surface area contributed by atoms with Crippen LogP contribution >= 0.6 is 0 Å². The molecule has 3 rings (SSSR count). The molecule has 1 aromatic rings. The molecule has 9 N–H and O–H groups in total. The Kier molecular flexibility index (Phi) is 8.47. The summed E-state index contributed by atoms with van der Waals surface area (Å²) in [5, 5.41) is 89.3. The summed E-state index contributed by atoms with van der Waals surface area (Å²) in [7, 11) is 0. The summed E-state index contributed by atoms with van der Waals surface area (Å²) >= 11 is 0. The number of aliphatic hydroxyl groups excluding tert-OH is 8. The van der Waals surface area contributed by atoms with Crippen LogP contribution in [0.5, 0.6) is 11.5 Å². The van der Waals surface area contributed by atoms with Gasteiger partial charge in [-0.25, -0.2) is 0 Å². The van der Waals surface area contributed by atoms with Gasteiger partial charge in [0.25, 0.3) is 0 Å². The maximum atomic E-state index is 10.3. The Morgan fingerprint density at radius 2 is 1.52 bits per heavy atom. The third-order valence-electron chi connectivity index (χ3n) is 5.69. The van der Waals surface area contributed by atoms with Crippen LogP contribution < -0.4 is 4.74 Å². The molecule has 33 heavy (non-hydrogen) atoms. The Morgan fingerprint density at radius 1 is 0.879 bits per heavy atom. The average molecular weight is 478 g/mol. The van der Waals surface area contributed by atoms with E-state index in [1.165, 1.54) is 25.1 Å². The number of aliphatic hydroxyl groups is 8. The smallest absolute Gasteiger partial charge is 0.229 e. The highest BCUT2D eigenvalue weighted by atomic mass is 16.7. The Hall–Kier alpha value is -1.62. The number of hydrogen-bond acceptors (Lipinski definition) is 13. The molecule has 2 fully saturated rings. The van der Waals surface area contributed by atoms with Crippen molar-refractivity contribution in [3.05, 3.63) is 23.8 Å². The van der Waals surface area contributed by atoms with E-state index in [9.17, 15) is 40.9 Å². The maximum absolute atomic E-state index is 10.3. The van der Waals surface area contributed by atoms with Crippen LogP contribution in [0.4, 0.5) is 0 Å². The molecule has 2 aliphatic rings. The molecule has 0 spiro atoms. The molecular formula is C20H30O13. The van der Waals surface area contributed by atoms with Gasteiger partial charge >= 0.3 is 0 Å². The van der Waals surface area contributed by atoms with Gasteiger partial charge in [-0.1, -0.05) is 6.07 Å². The molecule has 0 aliphatic carbocycles. The molecule has 188 valence electrons. The number of aromatic hydroxyl groups is 1. The van der Waals surface area contributed by atoms with Crippen LogP contribution in [0.1, 0.15) is 18.6 Å². The fourth-order valence-electron chi connectivity index (χ4n) is 3.56. The van der Waals surface area contributed by atoms with Gasteiger partial charge in [0.1, 0.15) is 48.8 Å². The molecule has 0 saturated carbocycles. The lowest BCUT2D eigenvalue weighted by Gasteiger charge is -2.42. The number of phenols is 1. The van der Waals surface area contributed by atoms with E-state index >= 15 is 0 Å². The van der Waals surface area contributed by atoms with Gasteiger partial charge in [-0.3, -0.25) is 0 Å². The predicted octanol–water partition coefficient (Wildman–Crippen LogP) is -3.55. The fourth-order valence-corrected chi connectivity index (χ4v) is 3.56. The van der Waals surface area contributed by atoms with Crippen molar-refractivity contribution in [2.24, 2.45) is 0 Å². The summed E-state index contributed by atoms with van der Waals surface area (Å²) in [6.07, 6.45) is -16.0. The van der Waals surface area contributed by atoms with Gasteiger partial charge in [-0.2, -0.15) is 0 Å². The molecule has 0 aromatic heterocycles. The Morgan fingerprint density at radius 3 is 2.18 bits per heavy atom. The van der Waals surface area contributed by atoms with Crippen molar-refractivity contribution in [3.8, 4) is 11.5 Å². The number of hydrogen-bond donors (Lipinski definition) is 9. The topological polar surface area (TPSA) is 219 Å². The van der Waals surface area contributed by atoms with Gasteiger partial charge in [-0.05, 0) is 24.6 Å². The second kappa shape index (κ2) is 10.8. The third-order valence-corrected chi connectivity index (χ3v) is 5.69. The van der Waals surface area contributed by atoms with Crippen molar-refractivity contribution in [2.75, 3.05) is 13.2 Å². The molecule has 11 unspecified atom stereocenters. The Labute approximate surface area is 188 Å². The molecule has 13 nitrogen and oxygen atoms in total. The number of benzene rings is 1. The minimum absolute atomic E-state index is 0.203. The van der Waals surface area contributed by atoms with Crippen LogP contribution in [-0.2, 0) is 14.2 Å². The van der Waals surface area contributed by atoms with Crippen LogP contribution in [0.2, 0.25) is 0 Å². The van der Waals surface area contributed by atoms with Crippen molar-refractivity contribution in [1.29, 1.82) is 0 Å². The van der Waals surface area contributed by atoms with Gasteiger partial charge in [0.2, 0.25) is 6.29 Å². The van der Waals surface area contributed by atoms with Crippen molar-refractivity contribution in [1.82, 2.24) is 0 Å². The van der Waals surface area contributed by atoms with E-state index in [0.29, 0.717) is 0 Å². The summed E-state index contributed by atoms with van der Waals surface area (Å²) in [4.78, 5) is 0.